The lowest BCUT2D eigenvalue weighted by molar-refractivity contribution is -0.383. The van der Waals surface area contributed by atoms with Gasteiger partial charge in [-0.25, -0.2) is 0 Å². The van der Waals surface area contributed by atoms with Gasteiger partial charge in [0.1, 0.15) is 5.52 Å². The fourth-order valence-corrected chi connectivity index (χ4v) is 3.55. The first-order valence-electron chi connectivity index (χ1n) is 8.86. The second kappa shape index (κ2) is 6.92. The van der Waals surface area contributed by atoms with E-state index in [1.54, 1.807) is 30.5 Å². The Morgan fingerprint density at radius 3 is 2.67 bits per heavy atom. The summed E-state index contributed by atoms with van der Waals surface area (Å²) in [4.78, 5) is 24.2. The average Bonchev–Trinajstić information content (AvgIpc) is 3.13. The van der Waals surface area contributed by atoms with Gasteiger partial charge in [-0.2, -0.15) is 4.98 Å². The Hall–Kier alpha value is -3.07. The summed E-state index contributed by atoms with van der Waals surface area (Å²) < 4.78 is 5.29. The summed E-state index contributed by atoms with van der Waals surface area (Å²) in [5, 5.41) is 15.7. The monoisotopic (exact) mass is 368 g/mol. The highest BCUT2D eigenvalue weighted by Gasteiger charge is 2.27. The van der Waals surface area contributed by atoms with E-state index < -0.39 is 0 Å². The third-order valence-electron chi connectivity index (χ3n) is 5.03. The first-order valence-corrected chi connectivity index (χ1v) is 8.86. The van der Waals surface area contributed by atoms with E-state index in [1.807, 2.05) is 6.92 Å². The topological polar surface area (TPSA) is 101 Å². The maximum Gasteiger partial charge on any atom is 0.278 e. The maximum absolute atomic E-state index is 11.3. The molecule has 1 aromatic carbocycles. The number of benzene rings is 1. The van der Waals surface area contributed by atoms with Crippen LogP contribution in [0.5, 0.6) is 0 Å². The molecule has 3 heterocycles. The second-order valence-corrected chi connectivity index (χ2v) is 6.64. The minimum absolute atomic E-state index is 0.0556. The molecule has 1 fully saturated rings. The Morgan fingerprint density at radius 2 is 2.00 bits per heavy atom. The van der Waals surface area contributed by atoms with E-state index >= 15 is 0 Å². The number of fused-ring (bicyclic) bond motifs is 1. The molecule has 1 aliphatic heterocycles. The van der Waals surface area contributed by atoms with Crippen molar-refractivity contribution in [1.29, 1.82) is 0 Å². The van der Waals surface area contributed by atoms with Crippen LogP contribution in [-0.4, -0.2) is 51.1 Å². The van der Waals surface area contributed by atoms with Crippen LogP contribution in [0.2, 0.25) is 0 Å². The summed E-state index contributed by atoms with van der Waals surface area (Å²) >= 11 is 0. The Labute approximate surface area is 155 Å². The molecule has 27 heavy (non-hydrogen) atoms. The van der Waals surface area contributed by atoms with E-state index in [1.165, 1.54) is 0 Å². The van der Waals surface area contributed by atoms with Crippen LogP contribution in [0.4, 0.5) is 11.4 Å². The van der Waals surface area contributed by atoms with Crippen molar-refractivity contribution < 1.29 is 9.45 Å². The number of nitro benzene ring substituents is 1. The van der Waals surface area contributed by atoms with Gasteiger partial charge in [0, 0.05) is 38.4 Å². The largest absolute Gasteiger partial charge is 0.367 e. The van der Waals surface area contributed by atoms with Gasteiger partial charge in [0.05, 0.1) is 22.0 Å². The van der Waals surface area contributed by atoms with Crippen molar-refractivity contribution in [3.05, 3.63) is 52.3 Å². The van der Waals surface area contributed by atoms with Gasteiger partial charge in [-0.1, -0.05) is 5.16 Å². The van der Waals surface area contributed by atoms with E-state index in [4.69, 9.17) is 4.52 Å². The zero-order valence-electron chi connectivity index (χ0n) is 15.2. The van der Waals surface area contributed by atoms with Crippen LogP contribution in [0.25, 0.3) is 10.9 Å². The third-order valence-corrected chi connectivity index (χ3v) is 5.03. The molecule has 0 radical (unpaired) electrons. The molecule has 3 aromatic rings. The molecule has 9 nitrogen and oxygen atoms in total. The number of anilines is 1. The van der Waals surface area contributed by atoms with Crippen LogP contribution >= 0.6 is 0 Å². The highest BCUT2D eigenvalue weighted by Crippen LogP contribution is 2.33. The summed E-state index contributed by atoms with van der Waals surface area (Å²) in [7, 11) is 0. The van der Waals surface area contributed by atoms with Gasteiger partial charge in [0.2, 0.25) is 5.89 Å². The molecule has 1 atom stereocenters. The molecular formula is C18H20N6O3. The van der Waals surface area contributed by atoms with E-state index in [0.29, 0.717) is 22.6 Å². The van der Waals surface area contributed by atoms with E-state index in [9.17, 15) is 10.1 Å². The van der Waals surface area contributed by atoms with Gasteiger partial charge >= 0.3 is 0 Å². The number of nitrogens with zero attached hydrogens (tertiary/aromatic N) is 6. The van der Waals surface area contributed by atoms with Crippen LogP contribution in [0.3, 0.4) is 0 Å². The zero-order chi connectivity index (χ0) is 19.0. The molecule has 0 aliphatic carbocycles. The Bertz CT molecular complexity index is 980. The number of nitro groups is 1. The summed E-state index contributed by atoms with van der Waals surface area (Å²) in [5.41, 5.74) is 1.68. The van der Waals surface area contributed by atoms with Crippen LogP contribution in [-0.2, 0) is 0 Å². The molecule has 0 N–H and O–H groups in total. The molecule has 0 amide bonds. The summed E-state index contributed by atoms with van der Waals surface area (Å²) in [5.74, 6) is 1.27. The van der Waals surface area contributed by atoms with E-state index in [2.05, 4.69) is 31.8 Å². The molecule has 140 valence electrons. The first-order chi connectivity index (χ1) is 13.0. The molecule has 2 aromatic heterocycles. The first kappa shape index (κ1) is 17.3. The van der Waals surface area contributed by atoms with Crippen LogP contribution in [0, 0.1) is 17.0 Å². The number of rotatable bonds is 4. The predicted molar refractivity (Wildman–Crippen MR) is 99.6 cm³/mol. The highest BCUT2D eigenvalue weighted by molar-refractivity contribution is 5.97. The number of non-ortho nitro benzene ring substituents is 1. The highest BCUT2D eigenvalue weighted by atomic mass is 16.6. The number of hydrogen-bond donors (Lipinski definition) is 0. The van der Waals surface area contributed by atoms with Crippen molar-refractivity contribution >= 4 is 22.3 Å². The predicted octanol–water partition coefficient (Wildman–Crippen LogP) is 2.72. The Balaban J connectivity index is 1.55. The van der Waals surface area contributed by atoms with Crippen LogP contribution in [0.1, 0.15) is 24.7 Å². The molecule has 9 heteroatoms. The lowest BCUT2D eigenvalue weighted by atomic mass is 10.1. The van der Waals surface area contributed by atoms with Gasteiger partial charge < -0.3 is 9.42 Å². The summed E-state index contributed by atoms with van der Waals surface area (Å²) in [6.07, 6.45) is 1.67. The van der Waals surface area contributed by atoms with Crippen molar-refractivity contribution in [2.75, 3.05) is 31.1 Å². The number of hydrogen-bond acceptors (Lipinski definition) is 8. The second-order valence-electron chi connectivity index (χ2n) is 6.64. The van der Waals surface area contributed by atoms with Gasteiger partial charge in [-0.3, -0.25) is 20.0 Å². The molecule has 0 saturated carbocycles. The number of pyridine rings is 1. The Morgan fingerprint density at radius 1 is 1.22 bits per heavy atom. The number of aromatic nitrogens is 3. The van der Waals surface area contributed by atoms with Gasteiger partial charge in [0.15, 0.2) is 5.82 Å². The minimum atomic E-state index is -0.361. The molecular weight excluding hydrogens is 348 g/mol. The molecule has 0 spiro atoms. The summed E-state index contributed by atoms with van der Waals surface area (Å²) in [6.45, 7) is 7.11. The maximum atomic E-state index is 11.3. The smallest absolute Gasteiger partial charge is 0.278 e. The van der Waals surface area contributed by atoms with Crippen molar-refractivity contribution in [1.82, 2.24) is 20.0 Å². The van der Waals surface area contributed by atoms with Crippen LogP contribution < -0.4 is 4.90 Å². The minimum Gasteiger partial charge on any atom is -0.367 e. The van der Waals surface area contributed by atoms with Gasteiger partial charge in [-0.05, 0) is 32.0 Å². The molecule has 1 saturated heterocycles. The lowest BCUT2D eigenvalue weighted by Crippen LogP contribution is -2.47. The fourth-order valence-electron chi connectivity index (χ4n) is 3.55. The number of piperazine rings is 1. The van der Waals surface area contributed by atoms with Crippen LogP contribution in [0.15, 0.2) is 35.0 Å². The average molecular weight is 368 g/mol. The van der Waals surface area contributed by atoms with Crippen molar-refractivity contribution in [2.45, 2.75) is 19.9 Å². The quantitative estimate of drug-likeness (QED) is 0.512. The van der Waals surface area contributed by atoms with Crippen molar-refractivity contribution in [3.63, 3.8) is 0 Å². The molecule has 0 bridgehead atoms. The van der Waals surface area contributed by atoms with Gasteiger partial charge in [0.25, 0.3) is 5.69 Å². The van der Waals surface area contributed by atoms with Crippen molar-refractivity contribution in [3.8, 4) is 0 Å². The zero-order valence-corrected chi connectivity index (χ0v) is 15.2. The van der Waals surface area contributed by atoms with E-state index in [0.717, 1.165) is 31.9 Å². The normalized spacial score (nSPS) is 16.6. The van der Waals surface area contributed by atoms with Gasteiger partial charge in [-0.15, -0.1) is 0 Å². The fraction of sp³-hybridized carbons (Fsp3) is 0.389. The number of aryl methyl sites for hydroxylation is 1. The third kappa shape index (κ3) is 3.21. The van der Waals surface area contributed by atoms with Crippen molar-refractivity contribution in [2.24, 2.45) is 0 Å². The van der Waals surface area contributed by atoms with E-state index in [-0.39, 0.29) is 16.7 Å². The molecule has 4 rings (SSSR count). The molecule has 1 aliphatic rings. The standard InChI is InChI=1S/C18H20N6O3/c1-12(18-20-13(2)21-27-18)22-8-10-23(11-9-22)16-6-5-15(24(25)26)14-4-3-7-19-17(14)16/h3-7,12H,8-11H2,1-2H3. The SMILES string of the molecule is Cc1noc(C(C)N2CCN(c3ccc([N+](=O)[O-])c4cccnc34)CC2)n1. The summed E-state index contributed by atoms with van der Waals surface area (Å²) in [6, 6.07) is 6.90. The molecule has 1 unspecified atom stereocenters. The Kier molecular flexibility index (Phi) is 4.44. The lowest BCUT2D eigenvalue weighted by Gasteiger charge is -2.38.